The fraction of sp³-hybridized carbons (Fsp3) is 0.200. The van der Waals surface area contributed by atoms with Crippen LogP contribution in [0.5, 0.6) is 0 Å². The summed E-state index contributed by atoms with van der Waals surface area (Å²) < 4.78 is 0. The van der Waals surface area contributed by atoms with E-state index in [9.17, 15) is 4.79 Å². The summed E-state index contributed by atoms with van der Waals surface area (Å²) in [4.78, 5) is 13.5. The number of aromatic nitrogens is 3. The lowest BCUT2D eigenvalue weighted by molar-refractivity contribution is 1.05. The molecule has 0 fully saturated rings. The number of nitrogens with one attached hydrogen (secondary N) is 3. The molecule has 0 bridgehead atoms. The van der Waals surface area contributed by atoms with Gasteiger partial charge in [0.25, 0.3) is 0 Å². The highest BCUT2D eigenvalue weighted by molar-refractivity contribution is 5.67. The molecule has 1 aliphatic heterocycles. The van der Waals surface area contributed by atoms with Crippen molar-refractivity contribution >= 4 is 5.69 Å². The molecular weight excluding hydrogens is 192 g/mol. The first kappa shape index (κ1) is 8.28. The van der Waals surface area contributed by atoms with E-state index in [1.807, 2.05) is 12.1 Å². The van der Waals surface area contributed by atoms with Gasteiger partial charge in [-0.05, 0) is 18.1 Å². The minimum atomic E-state index is -0.279. The van der Waals surface area contributed by atoms with Crippen molar-refractivity contribution in [2.45, 2.75) is 6.42 Å². The second-order valence-electron chi connectivity index (χ2n) is 3.58. The lowest BCUT2D eigenvalue weighted by atomic mass is 10.1. The Hall–Kier alpha value is -2.04. The topological polar surface area (TPSA) is 73.6 Å². The van der Waals surface area contributed by atoms with E-state index in [2.05, 4.69) is 26.6 Å². The van der Waals surface area contributed by atoms with Crippen LogP contribution in [-0.4, -0.2) is 21.7 Å². The van der Waals surface area contributed by atoms with Gasteiger partial charge in [-0.2, -0.15) is 5.10 Å². The van der Waals surface area contributed by atoms with Crippen molar-refractivity contribution in [2.75, 3.05) is 11.9 Å². The second kappa shape index (κ2) is 2.98. The van der Waals surface area contributed by atoms with Gasteiger partial charge < -0.3 is 5.32 Å². The van der Waals surface area contributed by atoms with Gasteiger partial charge in [0, 0.05) is 17.8 Å². The lowest BCUT2D eigenvalue weighted by Gasteiger charge is -2.01. The Morgan fingerprint density at radius 2 is 2.27 bits per heavy atom. The summed E-state index contributed by atoms with van der Waals surface area (Å²) in [6.45, 7) is 0.982. The van der Waals surface area contributed by atoms with Crippen LogP contribution >= 0.6 is 0 Å². The summed E-state index contributed by atoms with van der Waals surface area (Å²) >= 11 is 0. The molecule has 5 nitrogen and oxygen atoms in total. The molecule has 0 aliphatic carbocycles. The molecule has 3 N–H and O–H groups in total. The van der Waals surface area contributed by atoms with Gasteiger partial charge in [0.05, 0.1) is 0 Å². The zero-order valence-electron chi connectivity index (χ0n) is 8.00. The predicted molar refractivity (Wildman–Crippen MR) is 56.8 cm³/mol. The van der Waals surface area contributed by atoms with Crippen LogP contribution in [0, 0.1) is 0 Å². The maximum Gasteiger partial charge on any atom is 0.340 e. The van der Waals surface area contributed by atoms with Crippen LogP contribution in [0.1, 0.15) is 5.56 Å². The van der Waals surface area contributed by atoms with Gasteiger partial charge in [-0.1, -0.05) is 12.1 Å². The second-order valence-corrected chi connectivity index (χ2v) is 3.58. The van der Waals surface area contributed by atoms with E-state index in [-0.39, 0.29) is 5.69 Å². The van der Waals surface area contributed by atoms with Crippen LogP contribution in [0.2, 0.25) is 0 Å². The summed E-state index contributed by atoms with van der Waals surface area (Å²) in [6.07, 6.45) is 1.06. The average Bonchev–Trinajstić information content (AvgIpc) is 2.84. The van der Waals surface area contributed by atoms with E-state index in [1.54, 1.807) is 0 Å². The number of nitrogens with zero attached hydrogens (tertiary/aromatic N) is 1. The molecule has 0 radical (unpaired) electrons. The number of fused-ring (bicyclic) bond motifs is 1. The maximum absolute atomic E-state index is 10.9. The summed E-state index contributed by atoms with van der Waals surface area (Å²) in [7, 11) is 0. The number of H-pyrrole nitrogens is 2. The fourth-order valence-corrected chi connectivity index (χ4v) is 1.84. The zero-order chi connectivity index (χ0) is 10.3. The summed E-state index contributed by atoms with van der Waals surface area (Å²) in [6, 6.07) is 6.05. The van der Waals surface area contributed by atoms with Gasteiger partial charge >= 0.3 is 5.69 Å². The molecule has 76 valence electrons. The van der Waals surface area contributed by atoms with E-state index in [4.69, 9.17) is 0 Å². The first-order chi connectivity index (χ1) is 7.33. The fourth-order valence-electron chi connectivity index (χ4n) is 1.84. The molecule has 5 heteroatoms. The van der Waals surface area contributed by atoms with Crippen LogP contribution in [0.25, 0.3) is 11.4 Å². The molecule has 0 unspecified atom stereocenters. The normalized spacial score (nSPS) is 13.6. The molecule has 1 aliphatic rings. The minimum absolute atomic E-state index is 0.279. The number of anilines is 1. The molecule has 0 saturated carbocycles. The van der Waals surface area contributed by atoms with Crippen molar-refractivity contribution in [2.24, 2.45) is 0 Å². The monoisotopic (exact) mass is 202 g/mol. The van der Waals surface area contributed by atoms with E-state index < -0.39 is 0 Å². The average molecular weight is 202 g/mol. The quantitative estimate of drug-likeness (QED) is 0.638. The first-order valence-corrected chi connectivity index (χ1v) is 4.85. The third-order valence-electron chi connectivity index (χ3n) is 2.59. The molecular formula is C10H10N4O. The molecule has 1 aromatic carbocycles. The Bertz CT molecular complexity index is 555. The lowest BCUT2D eigenvalue weighted by Crippen LogP contribution is -2.00. The van der Waals surface area contributed by atoms with Crippen molar-refractivity contribution in [1.82, 2.24) is 15.2 Å². The van der Waals surface area contributed by atoms with Crippen LogP contribution in [-0.2, 0) is 6.42 Å². The van der Waals surface area contributed by atoms with Gasteiger partial charge in [-0.25, -0.2) is 9.89 Å². The highest BCUT2D eigenvalue weighted by Gasteiger charge is 2.11. The Morgan fingerprint density at radius 3 is 3.07 bits per heavy atom. The van der Waals surface area contributed by atoms with E-state index in [0.717, 1.165) is 24.2 Å². The van der Waals surface area contributed by atoms with Crippen LogP contribution < -0.4 is 11.0 Å². The summed E-state index contributed by atoms with van der Waals surface area (Å²) in [5, 5.41) is 9.53. The van der Waals surface area contributed by atoms with Crippen molar-refractivity contribution in [3.05, 3.63) is 34.2 Å². The predicted octanol–water partition coefficient (Wildman–Crippen LogP) is 0.733. The Labute approximate surface area is 85.5 Å². The van der Waals surface area contributed by atoms with E-state index in [0.29, 0.717) is 5.82 Å². The van der Waals surface area contributed by atoms with E-state index in [1.165, 1.54) is 5.56 Å². The molecule has 2 heterocycles. The molecule has 15 heavy (non-hydrogen) atoms. The van der Waals surface area contributed by atoms with Crippen LogP contribution in [0.4, 0.5) is 5.69 Å². The third kappa shape index (κ3) is 1.32. The Morgan fingerprint density at radius 1 is 1.33 bits per heavy atom. The van der Waals surface area contributed by atoms with Crippen molar-refractivity contribution in [3.8, 4) is 11.4 Å². The molecule has 2 aromatic rings. The molecule has 1 aromatic heterocycles. The highest BCUT2D eigenvalue weighted by Crippen LogP contribution is 2.26. The number of aromatic amines is 2. The van der Waals surface area contributed by atoms with Crippen molar-refractivity contribution < 1.29 is 0 Å². The van der Waals surface area contributed by atoms with Crippen LogP contribution in [0.3, 0.4) is 0 Å². The minimum Gasteiger partial charge on any atom is -0.384 e. The molecule has 0 saturated heterocycles. The van der Waals surface area contributed by atoms with Gasteiger partial charge in [-0.15, -0.1) is 0 Å². The molecule has 0 amide bonds. The van der Waals surface area contributed by atoms with E-state index >= 15 is 0 Å². The summed E-state index contributed by atoms with van der Waals surface area (Å²) in [5.41, 5.74) is 3.09. The van der Waals surface area contributed by atoms with Crippen molar-refractivity contribution in [1.29, 1.82) is 0 Å². The van der Waals surface area contributed by atoms with Gasteiger partial charge in [0.1, 0.15) is 0 Å². The summed E-state index contributed by atoms with van der Waals surface area (Å²) in [5.74, 6) is 0.580. The van der Waals surface area contributed by atoms with Crippen LogP contribution in [0.15, 0.2) is 23.0 Å². The maximum atomic E-state index is 10.9. The van der Waals surface area contributed by atoms with Gasteiger partial charge in [0.2, 0.25) is 0 Å². The standard InChI is InChI=1S/C10H10N4O/c15-10-12-9(13-14-10)7-2-1-6-3-4-11-8(6)5-7/h1-2,5,11H,3-4H2,(H2,12,13,14,15). The number of rotatable bonds is 1. The highest BCUT2D eigenvalue weighted by atomic mass is 16.1. The number of hydrogen-bond acceptors (Lipinski definition) is 3. The number of hydrogen-bond donors (Lipinski definition) is 3. The Kier molecular flexibility index (Phi) is 1.65. The Balaban J connectivity index is 2.10. The zero-order valence-corrected chi connectivity index (χ0v) is 8.00. The third-order valence-corrected chi connectivity index (χ3v) is 2.59. The largest absolute Gasteiger partial charge is 0.384 e. The first-order valence-electron chi connectivity index (χ1n) is 4.85. The van der Waals surface area contributed by atoms with Gasteiger partial charge in [0.15, 0.2) is 5.82 Å². The van der Waals surface area contributed by atoms with Gasteiger partial charge in [-0.3, -0.25) is 4.98 Å². The smallest absolute Gasteiger partial charge is 0.340 e. The molecule has 0 atom stereocenters. The van der Waals surface area contributed by atoms with Crippen molar-refractivity contribution in [3.63, 3.8) is 0 Å². The molecule has 0 spiro atoms. The molecule has 3 rings (SSSR count). The SMILES string of the molecule is O=c1[nH]nc(-c2ccc3c(c2)NCC3)[nH]1. The number of benzene rings is 1.